The molecular formula is C29H28ClN7O4S. The summed E-state index contributed by atoms with van der Waals surface area (Å²) < 4.78 is 29.4. The summed E-state index contributed by atoms with van der Waals surface area (Å²) >= 11 is 6.84. The van der Waals surface area contributed by atoms with Gasteiger partial charge in [0.2, 0.25) is 5.91 Å². The van der Waals surface area contributed by atoms with Crippen molar-refractivity contribution in [2.24, 2.45) is 0 Å². The van der Waals surface area contributed by atoms with E-state index < -0.39 is 15.3 Å². The van der Waals surface area contributed by atoms with Crippen LogP contribution in [0.25, 0.3) is 10.9 Å². The molecule has 42 heavy (non-hydrogen) atoms. The van der Waals surface area contributed by atoms with E-state index in [0.717, 1.165) is 52.7 Å². The number of aromatic amines is 1. The molecule has 2 aromatic carbocycles. The smallest absolute Gasteiger partial charge is 0.235 e. The Bertz CT molecular complexity index is 1890. The highest BCUT2D eigenvalue weighted by Gasteiger charge is 2.65. The minimum Gasteiger partial charge on any atom is -0.497 e. The Hall–Kier alpha value is -3.90. The first-order chi connectivity index (χ1) is 20.3. The predicted molar refractivity (Wildman–Crippen MR) is 160 cm³/mol. The fourth-order valence-electron chi connectivity index (χ4n) is 6.35. The molecule has 4 heterocycles. The molecule has 2 aliphatic heterocycles. The topological polar surface area (TPSA) is 142 Å². The van der Waals surface area contributed by atoms with Crippen LogP contribution in [0.4, 0.5) is 23.1 Å². The Morgan fingerprint density at radius 3 is 2.67 bits per heavy atom. The molecule has 13 heteroatoms. The molecule has 2 aliphatic carbocycles. The number of hydrogen-bond donors (Lipinski definition) is 3. The number of nitrogens with one attached hydrogen (secondary N) is 3. The van der Waals surface area contributed by atoms with Gasteiger partial charge in [0, 0.05) is 36.0 Å². The monoisotopic (exact) mass is 605 g/mol. The Morgan fingerprint density at radius 2 is 1.90 bits per heavy atom. The van der Waals surface area contributed by atoms with Gasteiger partial charge < -0.3 is 20.3 Å². The first kappa shape index (κ1) is 25.8. The van der Waals surface area contributed by atoms with Crippen LogP contribution in [-0.4, -0.2) is 66.2 Å². The molecule has 2 saturated carbocycles. The van der Waals surface area contributed by atoms with Gasteiger partial charge in [-0.3, -0.25) is 9.89 Å². The maximum absolute atomic E-state index is 13.1. The van der Waals surface area contributed by atoms with E-state index in [1.54, 1.807) is 7.11 Å². The average Bonchev–Trinajstić information content (AvgIpc) is 3.90. The molecule has 0 bridgehead atoms. The number of hydrogen-bond acceptors (Lipinski definition) is 9. The number of methoxy groups -OCH3 is 1. The highest BCUT2D eigenvalue weighted by atomic mass is 35.5. The molecule has 11 nitrogen and oxygen atoms in total. The van der Waals surface area contributed by atoms with Gasteiger partial charge in [0.1, 0.15) is 16.6 Å². The van der Waals surface area contributed by atoms with E-state index >= 15 is 0 Å². The summed E-state index contributed by atoms with van der Waals surface area (Å²) in [6, 6.07) is 11.8. The van der Waals surface area contributed by atoms with Crippen LogP contribution in [0.1, 0.15) is 48.0 Å². The zero-order chi connectivity index (χ0) is 28.8. The number of H-pyrrole nitrogens is 1. The highest BCUT2D eigenvalue weighted by Crippen LogP contribution is 2.65. The number of sulfone groups is 1. The van der Waals surface area contributed by atoms with E-state index in [-0.39, 0.29) is 29.2 Å². The van der Waals surface area contributed by atoms with Gasteiger partial charge >= 0.3 is 0 Å². The van der Waals surface area contributed by atoms with Gasteiger partial charge in [-0.1, -0.05) is 17.7 Å². The Kier molecular flexibility index (Phi) is 5.55. The van der Waals surface area contributed by atoms with E-state index in [1.165, 1.54) is 0 Å². The van der Waals surface area contributed by atoms with Crippen molar-refractivity contribution in [3.63, 3.8) is 0 Å². The Balaban J connectivity index is 1.09. The van der Waals surface area contributed by atoms with Gasteiger partial charge in [-0.2, -0.15) is 5.10 Å². The second kappa shape index (κ2) is 9.05. The normalized spacial score (nSPS) is 24.1. The highest BCUT2D eigenvalue weighted by molar-refractivity contribution is 7.91. The minimum absolute atomic E-state index is 0.0230. The van der Waals surface area contributed by atoms with Crippen LogP contribution in [0.5, 0.6) is 5.75 Å². The maximum Gasteiger partial charge on any atom is 0.235 e. The number of rotatable bonds is 6. The zero-order valence-electron chi connectivity index (χ0n) is 22.8. The van der Waals surface area contributed by atoms with Crippen molar-refractivity contribution in [1.29, 1.82) is 0 Å². The molecule has 4 aromatic rings. The number of nitrogens with zero attached hydrogens (tertiary/aromatic N) is 4. The van der Waals surface area contributed by atoms with Gasteiger partial charge in [0.15, 0.2) is 27.3 Å². The second-order valence-corrected chi connectivity index (χ2v) is 14.3. The second-order valence-electron chi connectivity index (χ2n) is 11.6. The predicted octanol–water partition coefficient (Wildman–Crippen LogP) is 4.25. The fraction of sp³-hybridized carbons (Fsp3) is 0.379. The summed E-state index contributed by atoms with van der Waals surface area (Å²) in [5.74, 6) is 3.51. The van der Waals surface area contributed by atoms with Gasteiger partial charge in [-0.05, 0) is 60.7 Å². The number of fused-ring (bicyclic) bond motifs is 3. The van der Waals surface area contributed by atoms with E-state index in [4.69, 9.17) is 26.3 Å². The van der Waals surface area contributed by atoms with E-state index in [2.05, 4.69) is 26.9 Å². The molecule has 1 saturated heterocycles. The summed E-state index contributed by atoms with van der Waals surface area (Å²) in [6.45, 7) is 0.684. The SMILES string of the molecule is COc1ccc2c(c1)C1(CC1c1ccc3c(Nc4nc(C5CC5)nc(N5CCS(=O)(=O)CC5)c4Cl)n[nH]c3c1)C(=O)N2. The number of halogens is 1. The molecular weight excluding hydrogens is 578 g/mol. The first-order valence-electron chi connectivity index (χ1n) is 14.0. The summed E-state index contributed by atoms with van der Waals surface area (Å²) in [4.78, 5) is 24.5. The molecule has 0 radical (unpaired) electrons. The molecule has 3 fully saturated rings. The molecule has 1 spiro atoms. The number of benzene rings is 2. The summed E-state index contributed by atoms with van der Waals surface area (Å²) in [5.41, 5.74) is 3.12. The number of amides is 1. The lowest BCUT2D eigenvalue weighted by molar-refractivity contribution is -0.118. The average molecular weight is 606 g/mol. The van der Waals surface area contributed by atoms with Gasteiger partial charge in [0.25, 0.3) is 0 Å². The fourth-order valence-corrected chi connectivity index (χ4v) is 7.81. The van der Waals surface area contributed by atoms with E-state index in [0.29, 0.717) is 41.4 Å². The third kappa shape index (κ3) is 4.03. The van der Waals surface area contributed by atoms with Crippen LogP contribution in [0, 0.1) is 0 Å². The largest absolute Gasteiger partial charge is 0.497 e. The van der Waals surface area contributed by atoms with Crippen molar-refractivity contribution in [1.82, 2.24) is 20.2 Å². The van der Waals surface area contributed by atoms with Crippen molar-refractivity contribution < 1.29 is 17.9 Å². The first-order valence-corrected chi connectivity index (χ1v) is 16.2. The Morgan fingerprint density at radius 1 is 1.10 bits per heavy atom. The van der Waals surface area contributed by atoms with E-state index in [1.807, 2.05) is 35.2 Å². The quantitative estimate of drug-likeness (QED) is 0.294. The third-order valence-corrected chi connectivity index (χ3v) is 10.9. The van der Waals surface area contributed by atoms with Crippen LogP contribution < -0.4 is 20.3 Å². The lowest BCUT2D eigenvalue weighted by Gasteiger charge is -2.29. The van der Waals surface area contributed by atoms with Gasteiger partial charge in [-0.15, -0.1) is 0 Å². The summed E-state index contributed by atoms with van der Waals surface area (Å²) in [6.07, 6.45) is 2.76. The van der Waals surface area contributed by atoms with Crippen LogP contribution in [-0.2, 0) is 20.0 Å². The van der Waals surface area contributed by atoms with Gasteiger partial charge in [0.05, 0.1) is 29.5 Å². The number of ether oxygens (including phenoxy) is 1. The Labute approximate surface area is 246 Å². The molecule has 2 aromatic heterocycles. The lowest BCUT2D eigenvalue weighted by Crippen LogP contribution is -2.41. The summed E-state index contributed by atoms with van der Waals surface area (Å²) in [5, 5.41) is 15.2. The zero-order valence-corrected chi connectivity index (χ0v) is 24.3. The van der Waals surface area contributed by atoms with E-state index in [9.17, 15) is 13.2 Å². The minimum atomic E-state index is -3.05. The van der Waals surface area contributed by atoms with Crippen molar-refractivity contribution >= 4 is 61.4 Å². The molecule has 3 N–H and O–H groups in total. The molecule has 216 valence electrons. The molecule has 1 amide bonds. The third-order valence-electron chi connectivity index (χ3n) is 8.99. The maximum atomic E-state index is 13.1. The van der Waals surface area contributed by atoms with Crippen molar-refractivity contribution in [3.8, 4) is 5.75 Å². The van der Waals surface area contributed by atoms with Crippen LogP contribution in [0.15, 0.2) is 36.4 Å². The standard InChI is InChI=1S/C29H28ClN7O4S/c1-41-17-5-7-21-19(13-17)29(28(38)31-21)14-20(29)16-4-6-18-22(12-16)35-36-25(18)33-26-23(30)27(34-24(32-26)15-2-3-15)37-8-10-42(39,40)11-9-37/h4-7,12-13,15,20H,2-3,8-11,14H2,1H3,(H,31,38)(H2,32,33,34,35,36). The summed E-state index contributed by atoms with van der Waals surface area (Å²) in [7, 11) is -1.42. The van der Waals surface area contributed by atoms with Crippen LogP contribution in [0.2, 0.25) is 5.02 Å². The van der Waals surface area contributed by atoms with Crippen molar-refractivity contribution in [2.45, 2.75) is 36.5 Å². The number of aromatic nitrogens is 4. The molecule has 8 rings (SSSR count). The number of carbonyl (C=O) groups excluding carboxylic acids is 1. The molecule has 2 atom stereocenters. The number of anilines is 4. The van der Waals surface area contributed by atoms with Crippen molar-refractivity contribution in [2.75, 3.05) is 47.2 Å². The van der Waals surface area contributed by atoms with Crippen LogP contribution in [0.3, 0.4) is 0 Å². The lowest BCUT2D eigenvalue weighted by atomic mass is 9.91. The van der Waals surface area contributed by atoms with Gasteiger partial charge in [-0.25, -0.2) is 18.4 Å². The number of carbonyl (C=O) groups is 1. The molecule has 2 unspecified atom stereocenters. The van der Waals surface area contributed by atoms with Crippen LogP contribution >= 0.6 is 11.6 Å². The van der Waals surface area contributed by atoms with Crippen molar-refractivity contribution in [3.05, 3.63) is 58.4 Å². The molecule has 4 aliphatic rings.